The molecule has 1 unspecified atom stereocenters. The number of anilines is 1. The number of carbonyl (C=O) groups excluding carboxylic acids is 1. The van der Waals surface area contributed by atoms with Crippen LogP contribution >= 0.6 is 0 Å². The van der Waals surface area contributed by atoms with Crippen LogP contribution in [0.4, 0.5) is 5.95 Å². The van der Waals surface area contributed by atoms with Gasteiger partial charge < -0.3 is 14.5 Å². The summed E-state index contributed by atoms with van der Waals surface area (Å²) in [5, 5.41) is 0. The van der Waals surface area contributed by atoms with Gasteiger partial charge in [0.15, 0.2) is 0 Å². The molecule has 1 amide bonds. The zero-order chi connectivity index (χ0) is 19.3. The molecule has 0 spiro atoms. The van der Waals surface area contributed by atoms with Crippen molar-refractivity contribution < 1.29 is 9.53 Å². The third-order valence-electron chi connectivity index (χ3n) is 5.67. The highest BCUT2D eigenvalue weighted by atomic mass is 16.5. The molecule has 0 saturated carbocycles. The van der Waals surface area contributed by atoms with Gasteiger partial charge in [0.2, 0.25) is 11.9 Å². The Bertz CT molecular complexity index is 775. The average Bonchev–Trinajstić information content (AvgIpc) is 3.22. The second-order valence-corrected chi connectivity index (χ2v) is 7.32. The number of carbonyl (C=O) groups is 1. The Labute approximate surface area is 165 Å². The molecular weight excluding hydrogens is 354 g/mol. The third kappa shape index (κ3) is 4.09. The summed E-state index contributed by atoms with van der Waals surface area (Å²) < 4.78 is 5.26. The topological polar surface area (TPSA) is 61.8 Å². The molecule has 2 aliphatic heterocycles. The summed E-state index contributed by atoms with van der Waals surface area (Å²) in [6.45, 7) is 4.45. The van der Waals surface area contributed by atoms with Crippen LogP contribution in [0.5, 0.6) is 5.75 Å². The first-order valence-electron chi connectivity index (χ1n) is 9.92. The highest BCUT2D eigenvalue weighted by molar-refractivity contribution is 5.78. The number of rotatable bonds is 5. The fourth-order valence-corrected chi connectivity index (χ4v) is 4.10. The first-order valence-corrected chi connectivity index (χ1v) is 9.92. The van der Waals surface area contributed by atoms with Crippen LogP contribution in [-0.2, 0) is 4.79 Å². The Morgan fingerprint density at radius 1 is 1.07 bits per heavy atom. The number of ether oxygens (including phenoxy) is 1. The molecule has 2 aromatic rings. The van der Waals surface area contributed by atoms with Crippen LogP contribution < -0.4 is 9.64 Å². The molecule has 2 saturated heterocycles. The molecule has 3 heterocycles. The zero-order valence-corrected chi connectivity index (χ0v) is 16.3. The standard InChI is InChI=1S/C21H27N5O2/c1-28-18-7-5-17(6-8-18)19-4-2-11-26(19)16-20(27)24-12-14-25(15-13-24)21-22-9-3-10-23-21/h3,5-10,19H,2,4,11-16H2,1H3. The highest BCUT2D eigenvalue weighted by Gasteiger charge is 2.30. The van der Waals surface area contributed by atoms with Crippen molar-refractivity contribution in [2.45, 2.75) is 18.9 Å². The molecule has 2 fully saturated rings. The Hall–Kier alpha value is -2.67. The first kappa shape index (κ1) is 18.7. The smallest absolute Gasteiger partial charge is 0.236 e. The van der Waals surface area contributed by atoms with E-state index in [9.17, 15) is 4.79 Å². The lowest BCUT2D eigenvalue weighted by molar-refractivity contribution is -0.133. The number of aromatic nitrogens is 2. The van der Waals surface area contributed by atoms with E-state index in [0.717, 1.165) is 57.3 Å². The van der Waals surface area contributed by atoms with Crippen LogP contribution in [0.3, 0.4) is 0 Å². The van der Waals surface area contributed by atoms with E-state index in [-0.39, 0.29) is 5.91 Å². The molecule has 1 aromatic heterocycles. The Morgan fingerprint density at radius 2 is 1.79 bits per heavy atom. The van der Waals surface area contributed by atoms with Gasteiger partial charge in [0.1, 0.15) is 5.75 Å². The van der Waals surface area contributed by atoms with Crippen LogP contribution in [0.25, 0.3) is 0 Å². The quantitative estimate of drug-likeness (QED) is 0.789. The van der Waals surface area contributed by atoms with Gasteiger partial charge in [-0.15, -0.1) is 0 Å². The summed E-state index contributed by atoms with van der Waals surface area (Å²) in [4.78, 5) is 27.9. The number of benzene rings is 1. The summed E-state index contributed by atoms with van der Waals surface area (Å²) in [5.41, 5.74) is 1.26. The summed E-state index contributed by atoms with van der Waals surface area (Å²) in [7, 11) is 1.68. The minimum Gasteiger partial charge on any atom is -0.497 e. The lowest BCUT2D eigenvalue weighted by atomic mass is 10.0. The molecule has 28 heavy (non-hydrogen) atoms. The van der Waals surface area contributed by atoms with Crippen LogP contribution in [0.2, 0.25) is 0 Å². The van der Waals surface area contributed by atoms with E-state index in [1.165, 1.54) is 5.56 Å². The predicted molar refractivity (Wildman–Crippen MR) is 107 cm³/mol. The van der Waals surface area contributed by atoms with Crippen LogP contribution in [0, 0.1) is 0 Å². The number of piperazine rings is 1. The van der Waals surface area contributed by atoms with Gasteiger partial charge in [-0.2, -0.15) is 0 Å². The maximum absolute atomic E-state index is 12.9. The SMILES string of the molecule is COc1ccc(C2CCCN2CC(=O)N2CCN(c3ncccn3)CC2)cc1. The van der Waals surface area contributed by atoms with Crippen molar-refractivity contribution in [3.63, 3.8) is 0 Å². The van der Waals surface area contributed by atoms with Crippen molar-refractivity contribution in [1.82, 2.24) is 19.8 Å². The van der Waals surface area contributed by atoms with Crippen molar-refractivity contribution >= 4 is 11.9 Å². The maximum atomic E-state index is 12.9. The van der Waals surface area contributed by atoms with Gasteiger partial charge in [-0.3, -0.25) is 9.69 Å². The van der Waals surface area contributed by atoms with Gasteiger partial charge in [-0.05, 0) is 43.1 Å². The van der Waals surface area contributed by atoms with Crippen LogP contribution in [0.15, 0.2) is 42.7 Å². The van der Waals surface area contributed by atoms with E-state index < -0.39 is 0 Å². The molecule has 7 heteroatoms. The van der Waals surface area contributed by atoms with Crippen molar-refractivity contribution in [1.29, 1.82) is 0 Å². The summed E-state index contributed by atoms with van der Waals surface area (Å²) in [6.07, 6.45) is 5.74. The number of amides is 1. The fourth-order valence-electron chi connectivity index (χ4n) is 4.10. The van der Waals surface area contributed by atoms with E-state index in [2.05, 4.69) is 31.9 Å². The molecule has 0 radical (unpaired) electrons. The van der Waals surface area contributed by atoms with Gasteiger partial charge in [0, 0.05) is 44.6 Å². The van der Waals surface area contributed by atoms with E-state index in [1.807, 2.05) is 23.1 Å². The molecule has 0 bridgehead atoms. The zero-order valence-electron chi connectivity index (χ0n) is 16.3. The van der Waals surface area contributed by atoms with Crippen LogP contribution in [-0.4, -0.2) is 72.1 Å². The second kappa shape index (κ2) is 8.56. The second-order valence-electron chi connectivity index (χ2n) is 7.32. The number of likely N-dealkylation sites (tertiary alicyclic amines) is 1. The molecule has 4 rings (SSSR count). The monoisotopic (exact) mass is 381 g/mol. The third-order valence-corrected chi connectivity index (χ3v) is 5.67. The van der Waals surface area contributed by atoms with Gasteiger partial charge in [0.25, 0.3) is 0 Å². The number of methoxy groups -OCH3 is 1. The molecule has 0 N–H and O–H groups in total. The number of hydrogen-bond acceptors (Lipinski definition) is 6. The van der Waals surface area contributed by atoms with E-state index in [4.69, 9.17) is 4.74 Å². The lowest BCUT2D eigenvalue weighted by Crippen LogP contribution is -2.51. The van der Waals surface area contributed by atoms with Gasteiger partial charge in [-0.25, -0.2) is 9.97 Å². The molecular formula is C21H27N5O2. The normalized spacial score (nSPS) is 20.4. The summed E-state index contributed by atoms with van der Waals surface area (Å²) in [5.74, 6) is 1.83. The van der Waals surface area contributed by atoms with Gasteiger partial charge in [-0.1, -0.05) is 12.1 Å². The maximum Gasteiger partial charge on any atom is 0.236 e. The molecule has 1 atom stereocenters. The molecule has 148 valence electrons. The Morgan fingerprint density at radius 3 is 2.46 bits per heavy atom. The number of nitrogens with zero attached hydrogens (tertiary/aromatic N) is 5. The highest BCUT2D eigenvalue weighted by Crippen LogP contribution is 2.32. The summed E-state index contributed by atoms with van der Waals surface area (Å²) >= 11 is 0. The molecule has 7 nitrogen and oxygen atoms in total. The molecule has 0 aliphatic carbocycles. The molecule has 1 aromatic carbocycles. The summed E-state index contributed by atoms with van der Waals surface area (Å²) in [6, 6.07) is 10.4. The van der Waals surface area contributed by atoms with Crippen molar-refractivity contribution in [2.75, 3.05) is 51.3 Å². The largest absolute Gasteiger partial charge is 0.497 e. The minimum atomic E-state index is 0.217. The van der Waals surface area contributed by atoms with Crippen molar-refractivity contribution in [3.05, 3.63) is 48.3 Å². The molecule has 2 aliphatic rings. The first-order chi connectivity index (χ1) is 13.7. The van der Waals surface area contributed by atoms with Gasteiger partial charge in [0.05, 0.1) is 13.7 Å². The lowest BCUT2D eigenvalue weighted by Gasteiger charge is -2.36. The van der Waals surface area contributed by atoms with Crippen molar-refractivity contribution in [3.8, 4) is 5.75 Å². The Balaban J connectivity index is 1.33. The van der Waals surface area contributed by atoms with Crippen LogP contribution in [0.1, 0.15) is 24.4 Å². The number of hydrogen-bond donors (Lipinski definition) is 0. The minimum absolute atomic E-state index is 0.217. The van der Waals surface area contributed by atoms with Gasteiger partial charge >= 0.3 is 0 Å². The van der Waals surface area contributed by atoms with Crippen molar-refractivity contribution in [2.24, 2.45) is 0 Å². The fraction of sp³-hybridized carbons (Fsp3) is 0.476. The average molecular weight is 381 g/mol. The Kier molecular flexibility index (Phi) is 5.71. The predicted octanol–water partition coefficient (Wildman–Crippen LogP) is 1.97. The van der Waals surface area contributed by atoms with E-state index in [1.54, 1.807) is 19.5 Å². The van der Waals surface area contributed by atoms with E-state index >= 15 is 0 Å². The van der Waals surface area contributed by atoms with E-state index in [0.29, 0.717) is 12.6 Å².